The van der Waals surface area contributed by atoms with Crippen LogP contribution in [0, 0.1) is 11.8 Å². The molecule has 1 unspecified atom stereocenters. The third-order valence-electron chi connectivity index (χ3n) is 4.67. The standard InChI is InChI=1S/C23H36O5/c1-5-6-11-19(14-16-26-4)17-28-23(25)21-13-8-7-12-20(21)22(24)27-15-9-10-18(2)3/h7-8,12-13,18-19H,5-6,9-11,14-17H2,1-4H3. The number of unbranched alkanes of at least 4 members (excludes halogenated alkanes) is 1. The maximum Gasteiger partial charge on any atom is 0.339 e. The first-order valence-electron chi connectivity index (χ1n) is 10.4. The van der Waals surface area contributed by atoms with Crippen molar-refractivity contribution < 1.29 is 23.8 Å². The van der Waals surface area contributed by atoms with Crippen LogP contribution in [0.25, 0.3) is 0 Å². The molecule has 0 amide bonds. The molecular weight excluding hydrogens is 356 g/mol. The summed E-state index contributed by atoms with van der Waals surface area (Å²) in [6, 6.07) is 6.68. The summed E-state index contributed by atoms with van der Waals surface area (Å²) in [4.78, 5) is 25.0. The molecule has 1 aromatic carbocycles. The Morgan fingerprint density at radius 1 is 0.893 bits per heavy atom. The number of hydrogen-bond acceptors (Lipinski definition) is 5. The van der Waals surface area contributed by atoms with E-state index < -0.39 is 11.9 Å². The van der Waals surface area contributed by atoms with Crippen molar-refractivity contribution in [3.63, 3.8) is 0 Å². The Hall–Kier alpha value is -1.88. The van der Waals surface area contributed by atoms with Gasteiger partial charge in [-0.3, -0.25) is 0 Å². The molecule has 0 aromatic heterocycles. The van der Waals surface area contributed by atoms with Gasteiger partial charge in [-0.15, -0.1) is 0 Å². The number of esters is 2. The van der Waals surface area contributed by atoms with Crippen molar-refractivity contribution in [3.8, 4) is 0 Å². The zero-order chi connectivity index (χ0) is 20.8. The van der Waals surface area contributed by atoms with Gasteiger partial charge in [0.2, 0.25) is 0 Å². The van der Waals surface area contributed by atoms with E-state index in [9.17, 15) is 9.59 Å². The SMILES string of the molecule is CCCCC(CCOC)COC(=O)c1ccccc1C(=O)OCCCC(C)C. The van der Waals surface area contributed by atoms with Gasteiger partial charge in [-0.05, 0) is 49.7 Å². The molecule has 0 saturated heterocycles. The van der Waals surface area contributed by atoms with Crippen molar-refractivity contribution in [1.29, 1.82) is 0 Å². The van der Waals surface area contributed by atoms with E-state index in [-0.39, 0.29) is 17.0 Å². The fraction of sp³-hybridized carbons (Fsp3) is 0.652. The second-order valence-corrected chi connectivity index (χ2v) is 7.61. The number of ether oxygens (including phenoxy) is 3. The lowest BCUT2D eigenvalue weighted by molar-refractivity contribution is 0.0381. The van der Waals surface area contributed by atoms with E-state index in [0.717, 1.165) is 38.5 Å². The molecular formula is C23H36O5. The molecule has 1 rings (SSSR count). The highest BCUT2D eigenvalue weighted by Gasteiger charge is 2.20. The van der Waals surface area contributed by atoms with Crippen LogP contribution in [0.5, 0.6) is 0 Å². The molecule has 0 aliphatic carbocycles. The maximum absolute atomic E-state index is 12.6. The quantitative estimate of drug-likeness (QED) is 0.318. The van der Waals surface area contributed by atoms with E-state index in [0.29, 0.717) is 25.7 Å². The predicted octanol–water partition coefficient (Wildman–Crippen LogP) is 5.28. The van der Waals surface area contributed by atoms with Crippen LogP contribution in [0.1, 0.15) is 80.0 Å². The Morgan fingerprint density at radius 2 is 1.54 bits per heavy atom. The molecule has 28 heavy (non-hydrogen) atoms. The Bertz CT molecular complexity index is 574. The second kappa shape index (κ2) is 14.2. The molecule has 0 aliphatic heterocycles. The molecule has 1 atom stereocenters. The van der Waals surface area contributed by atoms with Crippen molar-refractivity contribution >= 4 is 11.9 Å². The van der Waals surface area contributed by atoms with Gasteiger partial charge < -0.3 is 14.2 Å². The molecule has 158 valence electrons. The highest BCUT2D eigenvalue weighted by Crippen LogP contribution is 2.17. The minimum atomic E-state index is -0.478. The molecule has 0 saturated carbocycles. The van der Waals surface area contributed by atoms with Crippen molar-refractivity contribution in [2.45, 2.75) is 59.3 Å². The summed E-state index contributed by atoms with van der Waals surface area (Å²) in [5, 5.41) is 0. The van der Waals surface area contributed by atoms with Crippen LogP contribution < -0.4 is 0 Å². The normalized spacial score (nSPS) is 12.0. The molecule has 0 spiro atoms. The van der Waals surface area contributed by atoms with E-state index in [1.807, 2.05) is 0 Å². The van der Waals surface area contributed by atoms with Gasteiger partial charge in [-0.2, -0.15) is 0 Å². The zero-order valence-electron chi connectivity index (χ0n) is 17.9. The fourth-order valence-corrected chi connectivity index (χ4v) is 2.93. The number of carbonyl (C=O) groups excluding carboxylic acids is 2. The molecule has 0 bridgehead atoms. The second-order valence-electron chi connectivity index (χ2n) is 7.61. The molecule has 0 heterocycles. The Morgan fingerprint density at radius 3 is 2.11 bits per heavy atom. The number of benzene rings is 1. The van der Waals surface area contributed by atoms with Crippen LogP contribution in [0.3, 0.4) is 0 Å². The summed E-state index contributed by atoms with van der Waals surface area (Å²) in [5.41, 5.74) is 0.524. The van der Waals surface area contributed by atoms with Gasteiger partial charge in [-0.25, -0.2) is 9.59 Å². The van der Waals surface area contributed by atoms with Gasteiger partial charge in [0.15, 0.2) is 0 Å². The van der Waals surface area contributed by atoms with Crippen molar-refractivity contribution in [3.05, 3.63) is 35.4 Å². The van der Waals surface area contributed by atoms with E-state index in [4.69, 9.17) is 14.2 Å². The molecule has 1 aromatic rings. The Labute approximate surface area is 169 Å². The van der Waals surface area contributed by atoms with Crippen LogP contribution >= 0.6 is 0 Å². The number of methoxy groups -OCH3 is 1. The Kier molecular flexibility index (Phi) is 12.2. The van der Waals surface area contributed by atoms with Crippen molar-refractivity contribution in [2.75, 3.05) is 26.9 Å². The molecule has 0 radical (unpaired) electrons. The first-order valence-corrected chi connectivity index (χ1v) is 10.4. The van der Waals surface area contributed by atoms with Crippen LogP contribution in [0.15, 0.2) is 24.3 Å². The predicted molar refractivity (Wildman–Crippen MR) is 111 cm³/mol. The van der Waals surface area contributed by atoms with Gasteiger partial charge in [-0.1, -0.05) is 45.7 Å². The van der Waals surface area contributed by atoms with Gasteiger partial charge in [0.05, 0.1) is 24.3 Å². The van der Waals surface area contributed by atoms with Gasteiger partial charge in [0.25, 0.3) is 0 Å². The highest BCUT2D eigenvalue weighted by molar-refractivity contribution is 6.03. The van der Waals surface area contributed by atoms with Gasteiger partial charge in [0.1, 0.15) is 0 Å². The van der Waals surface area contributed by atoms with E-state index >= 15 is 0 Å². The van der Waals surface area contributed by atoms with E-state index in [1.165, 1.54) is 0 Å². The third-order valence-corrected chi connectivity index (χ3v) is 4.67. The summed E-state index contributed by atoms with van der Waals surface area (Å²) in [7, 11) is 1.67. The lowest BCUT2D eigenvalue weighted by Gasteiger charge is -2.17. The lowest BCUT2D eigenvalue weighted by Crippen LogP contribution is -2.19. The molecule has 0 N–H and O–H groups in total. The minimum absolute atomic E-state index is 0.261. The molecule has 0 fully saturated rings. The number of rotatable bonds is 14. The van der Waals surface area contributed by atoms with Crippen LogP contribution in [0.2, 0.25) is 0 Å². The van der Waals surface area contributed by atoms with Gasteiger partial charge in [0, 0.05) is 13.7 Å². The summed E-state index contributed by atoms with van der Waals surface area (Å²) in [6.45, 7) is 7.74. The van der Waals surface area contributed by atoms with E-state index in [2.05, 4.69) is 20.8 Å². The maximum atomic E-state index is 12.6. The summed E-state index contributed by atoms with van der Waals surface area (Å²) >= 11 is 0. The monoisotopic (exact) mass is 392 g/mol. The van der Waals surface area contributed by atoms with E-state index in [1.54, 1.807) is 31.4 Å². The molecule has 0 aliphatic rings. The van der Waals surface area contributed by atoms with Crippen LogP contribution in [0.4, 0.5) is 0 Å². The zero-order valence-corrected chi connectivity index (χ0v) is 17.9. The summed E-state index contributed by atoms with van der Waals surface area (Å²) < 4.78 is 16.0. The Balaban J connectivity index is 2.65. The summed E-state index contributed by atoms with van der Waals surface area (Å²) in [5.74, 6) is -0.120. The fourth-order valence-electron chi connectivity index (χ4n) is 2.93. The highest BCUT2D eigenvalue weighted by atomic mass is 16.5. The average molecular weight is 393 g/mol. The average Bonchev–Trinajstić information content (AvgIpc) is 2.70. The number of hydrogen-bond donors (Lipinski definition) is 0. The van der Waals surface area contributed by atoms with Crippen LogP contribution in [-0.2, 0) is 14.2 Å². The minimum Gasteiger partial charge on any atom is -0.462 e. The third kappa shape index (κ3) is 9.36. The first-order chi connectivity index (χ1) is 13.5. The summed E-state index contributed by atoms with van der Waals surface area (Å²) in [6.07, 6.45) is 5.84. The van der Waals surface area contributed by atoms with Crippen molar-refractivity contribution in [1.82, 2.24) is 0 Å². The number of carbonyl (C=O) groups is 2. The van der Waals surface area contributed by atoms with Crippen molar-refractivity contribution in [2.24, 2.45) is 11.8 Å². The molecule has 5 nitrogen and oxygen atoms in total. The first kappa shape index (κ1) is 24.2. The largest absolute Gasteiger partial charge is 0.462 e. The smallest absolute Gasteiger partial charge is 0.339 e. The lowest BCUT2D eigenvalue weighted by atomic mass is 10.00. The van der Waals surface area contributed by atoms with Crippen LogP contribution in [-0.4, -0.2) is 38.9 Å². The van der Waals surface area contributed by atoms with Gasteiger partial charge >= 0.3 is 11.9 Å². The topological polar surface area (TPSA) is 61.8 Å². The molecule has 5 heteroatoms.